The second-order valence-electron chi connectivity index (χ2n) is 6.01. The van der Waals surface area contributed by atoms with E-state index in [1.165, 1.54) is 6.08 Å². The molecule has 13 heteroatoms. The molecular formula is C19H18F2N2O8S. The number of hydrogen-bond acceptors (Lipinski definition) is 8. The lowest BCUT2D eigenvalue weighted by molar-refractivity contribution is -0.386. The van der Waals surface area contributed by atoms with E-state index in [4.69, 9.17) is 9.47 Å². The lowest BCUT2D eigenvalue weighted by Gasteiger charge is -2.12. The minimum absolute atomic E-state index is 0.173. The molecule has 0 unspecified atom stereocenters. The van der Waals surface area contributed by atoms with Gasteiger partial charge in [-0.25, -0.2) is 13.1 Å². The number of carbonyl (C=O) groups excluding carboxylic acids is 1. The van der Waals surface area contributed by atoms with E-state index in [1.54, 1.807) is 30.3 Å². The minimum atomic E-state index is -3.95. The zero-order chi connectivity index (χ0) is 23.7. The molecule has 0 bridgehead atoms. The number of halogens is 2. The van der Waals surface area contributed by atoms with Crippen LogP contribution in [0.25, 0.3) is 6.08 Å². The number of ether oxygens (including phenoxy) is 3. The van der Waals surface area contributed by atoms with Gasteiger partial charge in [-0.2, -0.15) is 8.78 Å². The summed E-state index contributed by atoms with van der Waals surface area (Å²) >= 11 is 0. The van der Waals surface area contributed by atoms with Gasteiger partial charge in [-0.05, 0) is 17.7 Å². The third-order valence-corrected chi connectivity index (χ3v) is 4.86. The Kier molecular flexibility index (Phi) is 8.61. The molecule has 2 aromatic carbocycles. The van der Waals surface area contributed by atoms with Crippen molar-refractivity contribution in [2.24, 2.45) is 0 Å². The monoisotopic (exact) mass is 472 g/mol. The Morgan fingerprint density at radius 1 is 1.22 bits per heavy atom. The molecular weight excluding hydrogens is 454 g/mol. The number of esters is 1. The molecule has 0 heterocycles. The molecule has 172 valence electrons. The fourth-order valence-corrected chi connectivity index (χ4v) is 3.13. The van der Waals surface area contributed by atoms with Crippen LogP contribution in [0.2, 0.25) is 0 Å². The first-order valence-electron chi connectivity index (χ1n) is 8.80. The molecule has 0 fully saturated rings. The summed E-state index contributed by atoms with van der Waals surface area (Å²) in [6, 6.07) is 10.3. The molecule has 0 saturated heterocycles. The Morgan fingerprint density at radius 3 is 2.50 bits per heavy atom. The topological polar surface area (TPSA) is 134 Å². The number of nitro benzene ring substituents is 1. The number of sulfonamides is 1. The van der Waals surface area contributed by atoms with Crippen LogP contribution >= 0.6 is 0 Å². The number of rotatable bonds is 11. The summed E-state index contributed by atoms with van der Waals surface area (Å²) in [4.78, 5) is 22.2. The Balaban J connectivity index is 2.02. The maximum Gasteiger partial charge on any atom is 0.387 e. The van der Waals surface area contributed by atoms with Crippen LogP contribution in [0.1, 0.15) is 11.1 Å². The molecule has 2 aromatic rings. The van der Waals surface area contributed by atoms with Crippen LogP contribution < -0.4 is 14.2 Å². The van der Waals surface area contributed by atoms with Crippen LogP contribution in [0.3, 0.4) is 0 Å². The van der Waals surface area contributed by atoms with Gasteiger partial charge in [0.15, 0.2) is 11.5 Å². The van der Waals surface area contributed by atoms with Crippen molar-refractivity contribution in [2.75, 3.05) is 13.7 Å². The number of hydrogen-bond donors (Lipinski definition) is 1. The van der Waals surface area contributed by atoms with Gasteiger partial charge in [0, 0.05) is 5.41 Å². The standard InChI is InChI=1S/C19H18F2N2O8S/c1-29-16-9-14(15(23(25)26)10-17(16)31-19(20)21)12-30-18(24)11-22-32(27,28)8-7-13-5-3-2-4-6-13/h2-10,19,22H,11-12H2,1H3/b8-7+. The first-order chi connectivity index (χ1) is 15.1. The summed E-state index contributed by atoms with van der Waals surface area (Å²) in [5.41, 5.74) is -0.199. The normalized spacial score (nSPS) is 11.5. The third kappa shape index (κ3) is 7.59. The van der Waals surface area contributed by atoms with Crippen LogP contribution in [0.5, 0.6) is 11.5 Å². The van der Waals surface area contributed by atoms with E-state index in [2.05, 4.69) is 4.74 Å². The van der Waals surface area contributed by atoms with Gasteiger partial charge in [0.25, 0.3) is 5.69 Å². The van der Waals surface area contributed by atoms with Crippen LogP contribution in [-0.2, 0) is 26.2 Å². The van der Waals surface area contributed by atoms with E-state index in [9.17, 15) is 32.1 Å². The van der Waals surface area contributed by atoms with Crippen molar-refractivity contribution in [1.82, 2.24) is 4.72 Å². The van der Waals surface area contributed by atoms with E-state index in [1.807, 2.05) is 4.72 Å². The van der Waals surface area contributed by atoms with Crippen molar-refractivity contribution in [3.8, 4) is 11.5 Å². The Bertz CT molecular complexity index is 1090. The van der Waals surface area contributed by atoms with Gasteiger partial charge in [-0.15, -0.1) is 0 Å². The maximum absolute atomic E-state index is 12.5. The number of benzene rings is 2. The maximum atomic E-state index is 12.5. The molecule has 0 aliphatic rings. The highest BCUT2D eigenvalue weighted by molar-refractivity contribution is 7.92. The number of nitrogens with one attached hydrogen (secondary N) is 1. The molecule has 0 aromatic heterocycles. The van der Waals surface area contributed by atoms with Crippen molar-refractivity contribution >= 4 is 27.8 Å². The summed E-state index contributed by atoms with van der Waals surface area (Å²) in [6.07, 6.45) is 1.33. The van der Waals surface area contributed by atoms with Crippen molar-refractivity contribution in [3.05, 3.63) is 69.1 Å². The number of carbonyl (C=O) groups is 1. The van der Waals surface area contributed by atoms with Gasteiger partial charge in [0.05, 0.1) is 23.7 Å². The Hall–Kier alpha value is -3.58. The molecule has 0 aliphatic carbocycles. The van der Waals surface area contributed by atoms with Gasteiger partial charge < -0.3 is 14.2 Å². The zero-order valence-electron chi connectivity index (χ0n) is 16.6. The van der Waals surface area contributed by atoms with Gasteiger partial charge in [0.1, 0.15) is 13.2 Å². The minimum Gasteiger partial charge on any atom is -0.493 e. The molecule has 1 N–H and O–H groups in total. The summed E-state index contributed by atoms with van der Waals surface area (Å²) in [5.74, 6) is -1.83. The van der Waals surface area contributed by atoms with E-state index in [-0.39, 0.29) is 11.3 Å². The highest BCUT2D eigenvalue weighted by Gasteiger charge is 2.23. The van der Waals surface area contributed by atoms with Crippen molar-refractivity contribution in [1.29, 1.82) is 0 Å². The van der Waals surface area contributed by atoms with Crippen molar-refractivity contribution in [2.45, 2.75) is 13.2 Å². The summed E-state index contributed by atoms with van der Waals surface area (Å²) in [5, 5.41) is 12.1. The van der Waals surface area contributed by atoms with Gasteiger partial charge in [-0.1, -0.05) is 30.3 Å². The molecule has 0 amide bonds. The lowest BCUT2D eigenvalue weighted by atomic mass is 10.1. The SMILES string of the molecule is COc1cc(COC(=O)CNS(=O)(=O)/C=C/c2ccccc2)c([N+](=O)[O-])cc1OC(F)F. The van der Waals surface area contributed by atoms with E-state index in [0.717, 1.165) is 18.6 Å². The first kappa shape index (κ1) is 24.7. The van der Waals surface area contributed by atoms with E-state index in [0.29, 0.717) is 11.6 Å². The number of nitro groups is 1. The molecule has 32 heavy (non-hydrogen) atoms. The van der Waals surface area contributed by atoms with Crippen molar-refractivity contribution < 1.29 is 41.1 Å². The molecule has 10 nitrogen and oxygen atoms in total. The number of alkyl halides is 2. The summed E-state index contributed by atoms with van der Waals surface area (Å²) in [6.45, 7) is -4.61. The largest absolute Gasteiger partial charge is 0.493 e. The van der Waals surface area contributed by atoms with Gasteiger partial charge >= 0.3 is 12.6 Å². The third-order valence-electron chi connectivity index (χ3n) is 3.82. The molecule has 0 atom stereocenters. The fraction of sp³-hybridized carbons (Fsp3) is 0.211. The second kappa shape index (κ2) is 11.2. The second-order valence-corrected chi connectivity index (χ2v) is 7.66. The van der Waals surface area contributed by atoms with Crippen LogP contribution in [-0.4, -0.2) is 39.6 Å². The van der Waals surface area contributed by atoms with Crippen LogP contribution in [0.4, 0.5) is 14.5 Å². The first-order valence-corrected chi connectivity index (χ1v) is 10.3. The zero-order valence-corrected chi connectivity index (χ0v) is 17.4. The van der Waals surface area contributed by atoms with E-state index < -0.39 is 52.1 Å². The Morgan fingerprint density at radius 2 is 1.91 bits per heavy atom. The number of methoxy groups -OCH3 is 1. The van der Waals surface area contributed by atoms with Crippen molar-refractivity contribution in [3.63, 3.8) is 0 Å². The van der Waals surface area contributed by atoms with Crippen LogP contribution in [0.15, 0.2) is 47.9 Å². The molecule has 0 radical (unpaired) electrons. The molecule has 2 rings (SSSR count). The summed E-state index contributed by atoms with van der Waals surface area (Å²) in [7, 11) is -2.82. The predicted octanol–water partition coefficient (Wildman–Crippen LogP) is 2.84. The summed E-state index contributed by atoms with van der Waals surface area (Å²) < 4.78 is 64.8. The molecule has 0 aliphatic heterocycles. The predicted molar refractivity (Wildman–Crippen MR) is 108 cm³/mol. The Labute approximate surface area is 181 Å². The average Bonchev–Trinajstić information content (AvgIpc) is 2.75. The van der Waals surface area contributed by atoms with Gasteiger partial charge in [0.2, 0.25) is 10.0 Å². The number of nitrogens with zero attached hydrogens (tertiary/aromatic N) is 1. The highest BCUT2D eigenvalue weighted by atomic mass is 32.2. The molecule has 0 saturated carbocycles. The van der Waals surface area contributed by atoms with Crippen LogP contribution in [0, 0.1) is 10.1 Å². The lowest BCUT2D eigenvalue weighted by Crippen LogP contribution is -2.29. The van der Waals surface area contributed by atoms with E-state index >= 15 is 0 Å². The van der Waals surface area contributed by atoms with Gasteiger partial charge in [-0.3, -0.25) is 14.9 Å². The smallest absolute Gasteiger partial charge is 0.387 e. The quantitative estimate of drug-likeness (QED) is 0.300. The fourth-order valence-electron chi connectivity index (χ4n) is 2.37. The average molecular weight is 472 g/mol. The highest BCUT2D eigenvalue weighted by Crippen LogP contribution is 2.36. The molecule has 0 spiro atoms.